The number of piperidine rings is 1. The first-order valence-electron chi connectivity index (χ1n) is 9.06. The van der Waals surface area contributed by atoms with Crippen molar-refractivity contribution < 1.29 is 22.3 Å². The molecule has 28 heavy (non-hydrogen) atoms. The molecule has 1 heterocycles. The summed E-state index contributed by atoms with van der Waals surface area (Å²) in [6, 6.07) is 13.0. The number of nitrogens with zero attached hydrogens (tertiary/aromatic N) is 1. The van der Waals surface area contributed by atoms with Crippen molar-refractivity contribution in [3.63, 3.8) is 0 Å². The number of para-hydroxylation sites is 2. The summed E-state index contributed by atoms with van der Waals surface area (Å²) in [5.74, 6) is -0.782. The smallest absolute Gasteiger partial charge is 0.227 e. The van der Waals surface area contributed by atoms with Crippen LogP contribution in [0, 0.1) is 11.7 Å². The van der Waals surface area contributed by atoms with E-state index in [1.54, 1.807) is 24.3 Å². The van der Waals surface area contributed by atoms with Crippen LogP contribution in [0.5, 0.6) is 5.75 Å². The van der Waals surface area contributed by atoms with Gasteiger partial charge in [0.25, 0.3) is 0 Å². The standard InChI is InChI=1S/C20H23FN2O4S/c1-27-19-9-5-4-8-18(19)22-20(24)15-10-12-23(13-11-15)28(25,26)14-16-6-2-3-7-17(16)21/h2-9,15H,10-14H2,1H3,(H,22,24). The van der Waals surface area contributed by atoms with E-state index in [4.69, 9.17) is 4.74 Å². The lowest BCUT2D eigenvalue weighted by Gasteiger charge is -2.30. The molecule has 0 saturated carbocycles. The Morgan fingerprint density at radius 3 is 2.46 bits per heavy atom. The van der Waals surface area contributed by atoms with Crippen molar-refractivity contribution in [3.05, 3.63) is 59.9 Å². The van der Waals surface area contributed by atoms with Crippen molar-refractivity contribution in [1.82, 2.24) is 4.31 Å². The highest BCUT2D eigenvalue weighted by molar-refractivity contribution is 7.88. The summed E-state index contributed by atoms with van der Waals surface area (Å²) in [5.41, 5.74) is 0.739. The second kappa shape index (κ2) is 8.70. The lowest BCUT2D eigenvalue weighted by Crippen LogP contribution is -2.42. The van der Waals surface area contributed by atoms with Crippen LogP contribution in [0.15, 0.2) is 48.5 Å². The van der Waals surface area contributed by atoms with Gasteiger partial charge in [-0.3, -0.25) is 4.79 Å². The molecule has 1 amide bonds. The van der Waals surface area contributed by atoms with Gasteiger partial charge in [-0.15, -0.1) is 0 Å². The Morgan fingerprint density at radius 2 is 1.79 bits per heavy atom. The molecule has 3 rings (SSSR count). The number of carbonyl (C=O) groups is 1. The average Bonchev–Trinajstić information content (AvgIpc) is 2.70. The molecule has 0 spiro atoms. The van der Waals surface area contributed by atoms with E-state index in [0.717, 1.165) is 0 Å². The fourth-order valence-corrected chi connectivity index (χ4v) is 4.86. The normalized spacial score (nSPS) is 15.9. The largest absolute Gasteiger partial charge is 0.495 e. The Kier molecular flexibility index (Phi) is 6.31. The first-order chi connectivity index (χ1) is 13.4. The molecule has 0 atom stereocenters. The van der Waals surface area contributed by atoms with E-state index in [1.807, 2.05) is 6.07 Å². The topological polar surface area (TPSA) is 75.7 Å². The van der Waals surface area contributed by atoms with Crippen LogP contribution >= 0.6 is 0 Å². The van der Waals surface area contributed by atoms with Gasteiger partial charge in [0.2, 0.25) is 15.9 Å². The molecule has 0 aliphatic carbocycles. The number of benzene rings is 2. The Balaban J connectivity index is 1.59. The number of sulfonamides is 1. The summed E-state index contributed by atoms with van der Waals surface area (Å²) in [4.78, 5) is 12.5. The minimum Gasteiger partial charge on any atom is -0.495 e. The molecule has 2 aromatic rings. The van der Waals surface area contributed by atoms with Gasteiger partial charge in [0.05, 0.1) is 18.6 Å². The van der Waals surface area contributed by atoms with Gasteiger partial charge < -0.3 is 10.1 Å². The van der Waals surface area contributed by atoms with Crippen LogP contribution in [-0.2, 0) is 20.6 Å². The summed E-state index contributed by atoms with van der Waals surface area (Å²) in [7, 11) is -2.10. The van der Waals surface area contributed by atoms with Gasteiger partial charge in [0.1, 0.15) is 11.6 Å². The molecule has 6 nitrogen and oxygen atoms in total. The van der Waals surface area contributed by atoms with E-state index in [2.05, 4.69) is 5.32 Å². The Labute approximate surface area is 164 Å². The maximum Gasteiger partial charge on any atom is 0.227 e. The molecule has 8 heteroatoms. The zero-order valence-corrected chi connectivity index (χ0v) is 16.4. The molecule has 1 saturated heterocycles. The first kappa shape index (κ1) is 20.3. The van der Waals surface area contributed by atoms with Crippen LogP contribution in [0.4, 0.5) is 10.1 Å². The summed E-state index contributed by atoms with van der Waals surface area (Å²) in [6.45, 7) is 0.474. The number of anilines is 1. The third-order valence-corrected chi connectivity index (χ3v) is 6.71. The van der Waals surface area contributed by atoms with Crippen LogP contribution in [0.1, 0.15) is 18.4 Å². The van der Waals surface area contributed by atoms with E-state index in [9.17, 15) is 17.6 Å². The summed E-state index contributed by atoms with van der Waals surface area (Å²) in [6.07, 6.45) is 0.828. The number of carbonyl (C=O) groups excluding carboxylic acids is 1. The maximum absolute atomic E-state index is 13.8. The number of hydrogen-bond donors (Lipinski definition) is 1. The van der Waals surface area contributed by atoms with Crippen LogP contribution in [0.3, 0.4) is 0 Å². The molecule has 1 aliphatic rings. The predicted molar refractivity (Wildman–Crippen MR) is 105 cm³/mol. The number of hydrogen-bond acceptors (Lipinski definition) is 4. The fraction of sp³-hybridized carbons (Fsp3) is 0.350. The van der Waals surface area contributed by atoms with Gasteiger partial charge in [-0.1, -0.05) is 30.3 Å². The van der Waals surface area contributed by atoms with Crippen molar-refractivity contribution in [2.75, 3.05) is 25.5 Å². The van der Waals surface area contributed by atoms with Gasteiger partial charge in [0, 0.05) is 24.6 Å². The molecule has 0 aromatic heterocycles. The lowest BCUT2D eigenvalue weighted by atomic mass is 9.97. The summed E-state index contributed by atoms with van der Waals surface area (Å²) in [5, 5.41) is 2.85. The van der Waals surface area contributed by atoms with Gasteiger partial charge in [-0.25, -0.2) is 17.1 Å². The second-order valence-electron chi connectivity index (χ2n) is 6.71. The second-order valence-corrected chi connectivity index (χ2v) is 8.68. The zero-order valence-electron chi connectivity index (χ0n) is 15.6. The highest BCUT2D eigenvalue weighted by atomic mass is 32.2. The Morgan fingerprint density at radius 1 is 1.14 bits per heavy atom. The quantitative estimate of drug-likeness (QED) is 0.800. The van der Waals surface area contributed by atoms with E-state index in [1.165, 1.54) is 29.6 Å². The number of rotatable bonds is 6. The SMILES string of the molecule is COc1ccccc1NC(=O)C1CCN(S(=O)(=O)Cc2ccccc2F)CC1. The number of nitrogens with one attached hydrogen (secondary N) is 1. The molecular formula is C20H23FN2O4S. The van der Waals surface area contributed by atoms with E-state index in [-0.39, 0.29) is 36.2 Å². The van der Waals surface area contributed by atoms with Crippen molar-refractivity contribution in [2.45, 2.75) is 18.6 Å². The van der Waals surface area contributed by atoms with E-state index in [0.29, 0.717) is 24.3 Å². The Hall–Kier alpha value is -2.45. The van der Waals surface area contributed by atoms with Gasteiger partial charge in [-0.05, 0) is 31.0 Å². The van der Waals surface area contributed by atoms with Gasteiger partial charge in [-0.2, -0.15) is 0 Å². The highest BCUT2D eigenvalue weighted by Crippen LogP contribution is 2.27. The number of halogens is 1. The van der Waals surface area contributed by atoms with Gasteiger partial charge >= 0.3 is 0 Å². The molecule has 1 N–H and O–H groups in total. The van der Waals surface area contributed by atoms with Crippen molar-refractivity contribution in [3.8, 4) is 5.75 Å². The predicted octanol–water partition coefficient (Wildman–Crippen LogP) is 3.01. The summed E-state index contributed by atoms with van der Waals surface area (Å²) < 4.78 is 45.5. The lowest BCUT2D eigenvalue weighted by molar-refractivity contribution is -0.120. The van der Waals surface area contributed by atoms with Crippen LogP contribution in [0.25, 0.3) is 0 Å². The Bertz CT molecular complexity index is 941. The van der Waals surface area contributed by atoms with Gasteiger partial charge in [0.15, 0.2) is 0 Å². The number of amides is 1. The highest BCUT2D eigenvalue weighted by Gasteiger charge is 2.31. The minimum absolute atomic E-state index is 0.151. The number of methoxy groups -OCH3 is 1. The molecule has 0 radical (unpaired) electrons. The van der Waals surface area contributed by atoms with Crippen LogP contribution < -0.4 is 10.1 Å². The van der Waals surface area contributed by atoms with Crippen molar-refractivity contribution >= 4 is 21.6 Å². The van der Waals surface area contributed by atoms with Crippen LogP contribution in [0.2, 0.25) is 0 Å². The monoisotopic (exact) mass is 406 g/mol. The van der Waals surface area contributed by atoms with Crippen molar-refractivity contribution in [1.29, 1.82) is 0 Å². The molecule has 1 fully saturated rings. The van der Waals surface area contributed by atoms with Crippen molar-refractivity contribution in [2.24, 2.45) is 5.92 Å². The van der Waals surface area contributed by atoms with E-state index < -0.39 is 15.8 Å². The first-order valence-corrected chi connectivity index (χ1v) is 10.7. The minimum atomic E-state index is -3.64. The molecule has 0 bridgehead atoms. The fourth-order valence-electron chi connectivity index (χ4n) is 3.28. The molecule has 0 unspecified atom stereocenters. The van der Waals surface area contributed by atoms with E-state index >= 15 is 0 Å². The number of ether oxygens (including phenoxy) is 1. The third kappa shape index (κ3) is 4.69. The zero-order chi connectivity index (χ0) is 20.1. The maximum atomic E-state index is 13.8. The summed E-state index contributed by atoms with van der Waals surface area (Å²) >= 11 is 0. The molecule has 150 valence electrons. The van der Waals surface area contributed by atoms with Crippen LogP contribution in [-0.4, -0.2) is 38.8 Å². The third-order valence-electron chi connectivity index (χ3n) is 4.88. The molecule has 2 aromatic carbocycles. The average molecular weight is 406 g/mol. The molecule has 1 aliphatic heterocycles. The molecular weight excluding hydrogens is 383 g/mol.